The highest BCUT2D eigenvalue weighted by Crippen LogP contribution is 2.34. The van der Waals surface area contributed by atoms with Crippen molar-refractivity contribution in [3.05, 3.63) is 41.9 Å². The van der Waals surface area contributed by atoms with Gasteiger partial charge >= 0.3 is 5.97 Å². The van der Waals surface area contributed by atoms with Crippen molar-refractivity contribution in [3.63, 3.8) is 0 Å². The molecule has 1 saturated carbocycles. The van der Waals surface area contributed by atoms with Crippen LogP contribution in [0, 0.1) is 5.92 Å². The van der Waals surface area contributed by atoms with Crippen molar-refractivity contribution in [3.8, 4) is 5.75 Å². The summed E-state index contributed by atoms with van der Waals surface area (Å²) in [5.41, 5.74) is 0.448. The molecule has 1 fully saturated rings. The van der Waals surface area contributed by atoms with Crippen molar-refractivity contribution in [2.24, 2.45) is 5.92 Å². The second-order valence-corrected chi connectivity index (χ2v) is 6.56. The highest BCUT2D eigenvalue weighted by Gasteiger charge is 2.41. The normalized spacial score (nSPS) is 24.9. The molecule has 0 spiro atoms. The Morgan fingerprint density at radius 2 is 2.00 bits per heavy atom. The maximum Gasteiger partial charge on any atom is 0.338 e. The molecule has 3 atom stereocenters. The average Bonchev–Trinajstić information content (AvgIpc) is 2.68. The third-order valence-electron chi connectivity index (χ3n) is 4.76. The molecule has 1 aliphatic carbocycles. The monoisotopic (exact) mass is 360 g/mol. The Hall–Kier alpha value is -2.34. The van der Waals surface area contributed by atoms with Gasteiger partial charge in [0, 0.05) is 13.5 Å². The molecule has 1 heterocycles. The largest absolute Gasteiger partial charge is 0.493 e. The number of carbonyl (C=O) groups is 2. The van der Waals surface area contributed by atoms with Gasteiger partial charge in [-0.2, -0.15) is 0 Å². The van der Waals surface area contributed by atoms with Crippen molar-refractivity contribution < 1.29 is 28.5 Å². The molecule has 1 aromatic carbocycles. The maximum absolute atomic E-state index is 12.7. The summed E-state index contributed by atoms with van der Waals surface area (Å²) in [5.74, 6) is 0.0760. The molecule has 0 bridgehead atoms. The Balaban J connectivity index is 1.63. The molecule has 140 valence electrons. The quantitative estimate of drug-likeness (QED) is 0.725. The lowest BCUT2D eigenvalue weighted by Gasteiger charge is -2.36. The van der Waals surface area contributed by atoms with E-state index < -0.39 is 0 Å². The van der Waals surface area contributed by atoms with Gasteiger partial charge in [0.05, 0.1) is 24.2 Å². The summed E-state index contributed by atoms with van der Waals surface area (Å²) in [5, 5.41) is 0. The van der Waals surface area contributed by atoms with Crippen LogP contribution < -0.4 is 4.74 Å². The minimum absolute atomic E-state index is 0.0396. The summed E-state index contributed by atoms with van der Waals surface area (Å²) in [4.78, 5) is 24.5. The van der Waals surface area contributed by atoms with E-state index in [2.05, 4.69) is 0 Å². The van der Waals surface area contributed by atoms with Crippen LogP contribution >= 0.6 is 0 Å². The number of ketones is 1. The van der Waals surface area contributed by atoms with Crippen molar-refractivity contribution in [1.82, 2.24) is 0 Å². The molecule has 1 aromatic rings. The molecule has 1 aliphatic heterocycles. The number of rotatable bonds is 6. The Bertz CT molecular complexity index is 678. The first-order valence-electron chi connectivity index (χ1n) is 9.00. The summed E-state index contributed by atoms with van der Waals surface area (Å²) in [6.45, 7) is 2.33. The summed E-state index contributed by atoms with van der Waals surface area (Å²) >= 11 is 0. The number of hydrogen-bond donors (Lipinski definition) is 0. The van der Waals surface area contributed by atoms with Crippen LogP contribution in [0.15, 0.2) is 36.3 Å². The topological polar surface area (TPSA) is 71.1 Å². The number of allylic oxidation sites excluding steroid dienone is 1. The van der Waals surface area contributed by atoms with Gasteiger partial charge in [-0.1, -0.05) is 6.92 Å². The standard InChI is InChI=1S/C20H24O6/c1-3-10-24-20(22)13-4-6-14(7-5-13)26-18-12-25-17-11-15(23-2)8-9-16(17)19(18)21/h4-7,12,15-17H,3,8-11H2,1-2H3. The van der Waals surface area contributed by atoms with Gasteiger partial charge in [0.25, 0.3) is 0 Å². The molecule has 26 heavy (non-hydrogen) atoms. The molecule has 0 amide bonds. The number of methoxy groups -OCH3 is 1. The first kappa shape index (κ1) is 18.5. The van der Waals surface area contributed by atoms with Crippen molar-refractivity contribution in [1.29, 1.82) is 0 Å². The van der Waals surface area contributed by atoms with Gasteiger partial charge in [-0.05, 0) is 43.5 Å². The van der Waals surface area contributed by atoms with Gasteiger partial charge < -0.3 is 18.9 Å². The Morgan fingerprint density at radius 3 is 2.69 bits per heavy atom. The maximum atomic E-state index is 12.7. The summed E-state index contributed by atoms with van der Waals surface area (Å²) < 4.78 is 21.9. The minimum Gasteiger partial charge on any atom is -0.493 e. The molecule has 3 rings (SSSR count). The van der Waals surface area contributed by atoms with Crippen LogP contribution in [0.25, 0.3) is 0 Å². The summed E-state index contributed by atoms with van der Waals surface area (Å²) in [6, 6.07) is 6.53. The molecule has 3 unspecified atom stereocenters. The van der Waals surface area contributed by atoms with E-state index in [1.165, 1.54) is 6.26 Å². The van der Waals surface area contributed by atoms with E-state index in [0.29, 0.717) is 24.3 Å². The number of hydrogen-bond acceptors (Lipinski definition) is 6. The van der Waals surface area contributed by atoms with Crippen molar-refractivity contribution in [2.75, 3.05) is 13.7 Å². The highest BCUT2D eigenvalue weighted by atomic mass is 16.5. The van der Waals surface area contributed by atoms with Crippen LogP contribution in [0.1, 0.15) is 43.0 Å². The Morgan fingerprint density at radius 1 is 1.23 bits per heavy atom. The fourth-order valence-electron chi connectivity index (χ4n) is 3.29. The first-order chi connectivity index (χ1) is 12.6. The van der Waals surface area contributed by atoms with E-state index in [-0.39, 0.29) is 35.6 Å². The van der Waals surface area contributed by atoms with Gasteiger partial charge in [-0.15, -0.1) is 0 Å². The first-order valence-corrected chi connectivity index (χ1v) is 9.00. The van der Waals surface area contributed by atoms with E-state index in [4.69, 9.17) is 18.9 Å². The minimum atomic E-state index is -0.368. The van der Waals surface area contributed by atoms with Gasteiger partial charge in [0.1, 0.15) is 18.1 Å². The van der Waals surface area contributed by atoms with Crippen LogP contribution in [-0.2, 0) is 19.0 Å². The predicted molar refractivity (Wildman–Crippen MR) is 93.7 cm³/mol. The molecule has 0 radical (unpaired) electrons. The lowest BCUT2D eigenvalue weighted by atomic mass is 9.80. The Kier molecular flexibility index (Phi) is 5.93. The van der Waals surface area contributed by atoms with E-state index in [1.54, 1.807) is 31.4 Å². The van der Waals surface area contributed by atoms with Crippen LogP contribution in [0.3, 0.4) is 0 Å². The van der Waals surface area contributed by atoms with Gasteiger partial charge in [0.2, 0.25) is 11.5 Å². The lowest BCUT2D eigenvalue weighted by molar-refractivity contribution is -0.133. The van der Waals surface area contributed by atoms with Crippen molar-refractivity contribution in [2.45, 2.75) is 44.8 Å². The molecule has 6 nitrogen and oxygen atoms in total. The average molecular weight is 360 g/mol. The van der Waals surface area contributed by atoms with E-state index >= 15 is 0 Å². The number of Topliss-reactive ketones (excluding diaryl/α,β-unsaturated/α-hetero) is 1. The molecule has 2 aliphatic rings. The van der Waals surface area contributed by atoms with E-state index in [0.717, 1.165) is 19.3 Å². The number of ether oxygens (including phenoxy) is 4. The molecule has 0 aromatic heterocycles. The zero-order chi connectivity index (χ0) is 18.5. The zero-order valence-electron chi connectivity index (χ0n) is 15.1. The van der Waals surface area contributed by atoms with E-state index in [9.17, 15) is 9.59 Å². The third-order valence-corrected chi connectivity index (χ3v) is 4.76. The van der Waals surface area contributed by atoms with Crippen LogP contribution in [0.4, 0.5) is 0 Å². The second-order valence-electron chi connectivity index (χ2n) is 6.56. The third kappa shape index (κ3) is 4.07. The van der Waals surface area contributed by atoms with Crippen LogP contribution in [0.2, 0.25) is 0 Å². The van der Waals surface area contributed by atoms with Crippen LogP contribution in [-0.4, -0.2) is 37.7 Å². The fourth-order valence-corrected chi connectivity index (χ4v) is 3.29. The predicted octanol–water partition coefficient (Wildman–Crippen LogP) is 3.26. The van der Waals surface area contributed by atoms with Crippen molar-refractivity contribution >= 4 is 11.8 Å². The fraction of sp³-hybridized carbons (Fsp3) is 0.500. The van der Waals surface area contributed by atoms with Crippen LogP contribution in [0.5, 0.6) is 5.75 Å². The molecule has 0 saturated heterocycles. The lowest BCUT2D eigenvalue weighted by Crippen LogP contribution is -2.42. The summed E-state index contributed by atoms with van der Waals surface area (Å²) in [6.07, 6.45) is 4.44. The second kappa shape index (κ2) is 8.36. The number of carbonyl (C=O) groups excluding carboxylic acids is 2. The number of benzene rings is 1. The summed E-state index contributed by atoms with van der Waals surface area (Å²) in [7, 11) is 1.68. The molecular formula is C20H24O6. The molecule has 6 heteroatoms. The van der Waals surface area contributed by atoms with Gasteiger partial charge in [0.15, 0.2) is 0 Å². The van der Waals surface area contributed by atoms with Gasteiger partial charge in [-0.25, -0.2) is 4.79 Å². The van der Waals surface area contributed by atoms with E-state index in [1.807, 2.05) is 6.92 Å². The highest BCUT2D eigenvalue weighted by molar-refractivity contribution is 5.96. The number of esters is 1. The smallest absolute Gasteiger partial charge is 0.338 e. The van der Waals surface area contributed by atoms with Gasteiger partial charge in [-0.3, -0.25) is 4.79 Å². The number of fused-ring (bicyclic) bond motifs is 1. The molecular weight excluding hydrogens is 336 g/mol. The molecule has 0 N–H and O–H groups in total. The Labute approximate surface area is 153 Å². The zero-order valence-corrected chi connectivity index (χ0v) is 15.1. The SMILES string of the molecule is CCCOC(=O)c1ccc(OC2=COC3CC(OC)CCC3C2=O)cc1.